The lowest BCUT2D eigenvalue weighted by molar-refractivity contribution is -0.122. The number of benzene rings is 2. The van der Waals surface area contributed by atoms with Crippen molar-refractivity contribution in [2.75, 3.05) is 44.2 Å². The Hall–Kier alpha value is -2.33. The molecule has 1 aliphatic heterocycles. The summed E-state index contributed by atoms with van der Waals surface area (Å²) in [5.41, 5.74) is 5.36. The molecular weight excluding hydrogens is 334 g/mol. The quantitative estimate of drug-likeness (QED) is 0.766. The molecule has 2 aromatic carbocycles. The highest BCUT2D eigenvalue weighted by atomic mass is 16.2. The minimum atomic E-state index is 0.142. The van der Waals surface area contributed by atoms with Crippen LogP contribution in [-0.4, -0.2) is 50.1 Å². The molecule has 1 N–H and O–H groups in total. The van der Waals surface area contributed by atoms with Gasteiger partial charge in [-0.1, -0.05) is 42.5 Å². The maximum Gasteiger partial charge on any atom is 0.234 e. The zero-order valence-corrected chi connectivity index (χ0v) is 16.6. The lowest BCUT2D eigenvalue weighted by atomic mass is 10.1. The number of anilines is 1. The second-order valence-electron chi connectivity index (χ2n) is 7.42. The van der Waals surface area contributed by atoms with E-state index < -0.39 is 0 Å². The average molecular weight is 366 g/mol. The number of nitrogens with one attached hydrogen (secondary N) is 1. The van der Waals surface area contributed by atoms with Crippen LogP contribution in [-0.2, 0) is 11.2 Å². The van der Waals surface area contributed by atoms with E-state index in [4.69, 9.17) is 0 Å². The fourth-order valence-corrected chi connectivity index (χ4v) is 3.65. The third kappa shape index (κ3) is 5.57. The van der Waals surface area contributed by atoms with Crippen molar-refractivity contribution < 1.29 is 4.79 Å². The summed E-state index contributed by atoms with van der Waals surface area (Å²) in [6.45, 7) is 9.44. The van der Waals surface area contributed by atoms with Gasteiger partial charge in [-0.05, 0) is 49.4 Å². The summed E-state index contributed by atoms with van der Waals surface area (Å²) in [4.78, 5) is 16.9. The van der Waals surface area contributed by atoms with Gasteiger partial charge in [0.05, 0.1) is 6.54 Å². The molecule has 0 bridgehead atoms. The lowest BCUT2D eigenvalue weighted by Gasteiger charge is -2.36. The van der Waals surface area contributed by atoms with E-state index in [1.54, 1.807) is 0 Å². The Balaban J connectivity index is 1.36. The van der Waals surface area contributed by atoms with Crippen LogP contribution in [0.15, 0.2) is 48.5 Å². The molecule has 3 rings (SSSR count). The molecule has 1 amide bonds. The van der Waals surface area contributed by atoms with E-state index in [0.29, 0.717) is 6.54 Å². The molecule has 0 atom stereocenters. The van der Waals surface area contributed by atoms with Crippen LogP contribution in [0, 0.1) is 13.8 Å². The number of nitrogens with zero attached hydrogens (tertiary/aromatic N) is 2. The van der Waals surface area contributed by atoms with Gasteiger partial charge in [0.1, 0.15) is 0 Å². The molecule has 1 aliphatic rings. The number of carbonyl (C=O) groups is 1. The van der Waals surface area contributed by atoms with Gasteiger partial charge in [0.15, 0.2) is 0 Å². The highest BCUT2D eigenvalue weighted by Gasteiger charge is 2.20. The van der Waals surface area contributed by atoms with E-state index in [1.807, 2.05) is 6.07 Å². The first-order chi connectivity index (χ1) is 13.1. The van der Waals surface area contributed by atoms with E-state index in [0.717, 1.165) is 45.6 Å². The molecule has 1 fully saturated rings. The summed E-state index contributed by atoms with van der Waals surface area (Å²) in [7, 11) is 0. The van der Waals surface area contributed by atoms with Gasteiger partial charge in [-0.2, -0.15) is 0 Å². The zero-order chi connectivity index (χ0) is 19.1. The van der Waals surface area contributed by atoms with E-state index >= 15 is 0 Å². The smallest absolute Gasteiger partial charge is 0.234 e. The number of aryl methyl sites for hydroxylation is 2. The van der Waals surface area contributed by atoms with Crippen LogP contribution >= 0.6 is 0 Å². The van der Waals surface area contributed by atoms with Crippen LogP contribution in [0.1, 0.15) is 23.1 Å². The summed E-state index contributed by atoms with van der Waals surface area (Å²) < 4.78 is 0. The topological polar surface area (TPSA) is 35.6 Å². The summed E-state index contributed by atoms with van der Waals surface area (Å²) in [5, 5.41) is 3.07. The molecular formula is C23H31N3O. The van der Waals surface area contributed by atoms with E-state index in [2.05, 4.69) is 71.4 Å². The molecule has 2 aromatic rings. The van der Waals surface area contributed by atoms with E-state index in [9.17, 15) is 4.79 Å². The van der Waals surface area contributed by atoms with Gasteiger partial charge in [0, 0.05) is 38.4 Å². The minimum absolute atomic E-state index is 0.142. The second kappa shape index (κ2) is 9.56. The predicted molar refractivity (Wildman–Crippen MR) is 112 cm³/mol. The van der Waals surface area contributed by atoms with Crippen molar-refractivity contribution in [2.24, 2.45) is 0 Å². The van der Waals surface area contributed by atoms with Crippen LogP contribution in [0.5, 0.6) is 0 Å². The highest BCUT2D eigenvalue weighted by molar-refractivity contribution is 5.78. The molecule has 1 saturated heterocycles. The van der Waals surface area contributed by atoms with Crippen molar-refractivity contribution in [3.8, 4) is 0 Å². The lowest BCUT2D eigenvalue weighted by Crippen LogP contribution is -2.49. The molecule has 0 saturated carbocycles. The van der Waals surface area contributed by atoms with Crippen molar-refractivity contribution in [1.29, 1.82) is 0 Å². The molecule has 1 heterocycles. The van der Waals surface area contributed by atoms with Crippen LogP contribution in [0.2, 0.25) is 0 Å². The van der Waals surface area contributed by atoms with Crippen molar-refractivity contribution in [2.45, 2.75) is 26.7 Å². The largest absolute Gasteiger partial charge is 0.369 e. The van der Waals surface area contributed by atoms with E-state index in [-0.39, 0.29) is 5.91 Å². The molecule has 0 aromatic heterocycles. The first-order valence-electron chi connectivity index (χ1n) is 9.97. The Kier molecular flexibility index (Phi) is 6.88. The summed E-state index contributed by atoms with van der Waals surface area (Å²) in [6, 6.07) is 16.9. The van der Waals surface area contributed by atoms with Gasteiger partial charge in [0.2, 0.25) is 5.91 Å². The van der Waals surface area contributed by atoms with Gasteiger partial charge in [0.25, 0.3) is 0 Å². The maximum absolute atomic E-state index is 12.2. The molecule has 0 spiro atoms. The molecule has 0 aliphatic carbocycles. The summed E-state index contributed by atoms with van der Waals surface area (Å²) >= 11 is 0. The maximum atomic E-state index is 12.2. The number of hydrogen-bond donors (Lipinski definition) is 1. The Bertz CT molecular complexity index is 737. The third-order valence-electron chi connectivity index (χ3n) is 5.46. The van der Waals surface area contributed by atoms with E-state index in [1.165, 1.54) is 22.4 Å². The van der Waals surface area contributed by atoms with Crippen molar-refractivity contribution in [3.05, 3.63) is 65.2 Å². The van der Waals surface area contributed by atoms with Gasteiger partial charge in [-0.15, -0.1) is 0 Å². The molecule has 4 nitrogen and oxygen atoms in total. The Morgan fingerprint density at radius 2 is 1.70 bits per heavy atom. The number of piperazine rings is 1. The second-order valence-corrected chi connectivity index (χ2v) is 7.42. The number of hydrogen-bond acceptors (Lipinski definition) is 3. The fourth-order valence-electron chi connectivity index (χ4n) is 3.65. The summed E-state index contributed by atoms with van der Waals surface area (Å²) in [6.07, 6.45) is 1.99. The standard InChI is InChI=1S/C23H31N3O/c1-19-8-6-12-22(20(19)2)26-16-14-25(15-17-26)18-23(27)24-13-7-11-21-9-4-3-5-10-21/h3-6,8-10,12H,7,11,13-18H2,1-2H3,(H,24,27). The first-order valence-corrected chi connectivity index (χ1v) is 9.97. The fraction of sp³-hybridized carbons (Fsp3) is 0.435. The molecule has 27 heavy (non-hydrogen) atoms. The predicted octanol–water partition coefficient (Wildman–Crippen LogP) is 3.17. The normalized spacial score (nSPS) is 15.0. The zero-order valence-electron chi connectivity index (χ0n) is 16.6. The Labute approximate surface area is 163 Å². The number of amides is 1. The minimum Gasteiger partial charge on any atom is -0.369 e. The molecule has 0 radical (unpaired) electrons. The van der Waals surface area contributed by atoms with Gasteiger partial charge >= 0.3 is 0 Å². The number of rotatable bonds is 7. The Morgan fingerprint density at radius 1 is 0.963 bits per heavy atom. The van der Waals surface area contributed by atoms with Crippen LogP contribution in [0.4, 0.5) is 5.69 Å². The summed E-state index contributed by atoms with van der Waals surface area (Å²) in [5.74, 6) is 0.142. The number of carbonyl (C=O) groups excluding carboxylic acids is 1. The average Bonchev–Trinajstić information content (AvgIpc) is 2.69. The Morgan fingerprint density at radius 3 is 2.44 bits per heavy atom. The van der Waals surface area contributed by atoms with Crippen LogP contribution < -0.4 is 10.2 Å². The van der Waals surface area contributed by atoms with Gasteiger partial charge in [-0.3, -0.25) is 9.69 Å². The third-order valence-corrected chi connectivity index (χ3v) is 5.46. The SMILES string of the molecule is Cc1cccc(N2CCN(CC(=O)NCCCc3ccccc3)CC2)c1C. The first kappa shape index (κ1) is 19.4. The van der Waals surface area contributed by atoms with Gasteiger partial charge in [-0.25, -0.2) is 0 Å². The van der Waals surface area contributed by atoms with Crippen molar-refractivity contribution in [1.82, 2.24) is 10.2 Å². The molecule has 4 heteroatoms. The monoisotopic (exact) mass is 365 g/mol. The van der Waals surface area contributed by atoms with Crippen LogP contribution in [0.3, 0.4) is 0 Å². The van der Waals surface area contributed by atoms with Gasteiger partial charge < -0.3 is 10.2 Å². The van der Waals surface area contributed by atoms with Crippen molar-refractivity contribution >= 4 is 11.6 Å². The van der Waals surface area contributed by atoms with Crippen molar-refractivity contribution in [3.63, 3.8) is 0 Å². The molecule has 0 unspecified atom stereocenters. The molecule has 144 valence electrons. The highest BCUT2D eigenvalue weighted by Crippen LogP contribution is 2.23. The van der Waals surface area contributed by atoms with Crippen LogP contribution in [0.25, 0.3) is 0 Å².